The van der Waals surface area contributed by atoms with Gasteiger partial charge < -0.3 is 24.1 Å². The summed E-state index contributed by atoms with van der Waals surface area (Å²) in [6, 6.07) is 5.37. The lowest BCUT2D eigenvalue weighted by molar-refractivity contribution is -0.133. The highest BCUT2D eigenvalue weighted by molar-refractivity contribution is 7.86. The van der Waals surface area contributed by atoms with E-state index in [1.54, 1.807) is 39.1 Å². The van der Waals surface area contributed by atoms with E-state index >= 15 is 0 Å². The molecule has 2 aromatic rings. The zero-order valence-electron chi connectivity index (χ0n) is 19.0. The molecule has 2 N–H and O–H groups in total. The summed E-state index contributed by atoms with van der Waals surface area (Å²) in [5, 5.41) is 12.7. The minimum Gasteiger partial charge on any atom is -0.444 e. The summed E-state index contributed by atoms with van der Waals surface area (Å²) in [6.07, 6.45) is 3.31. The molecular weight excluding hydrogens is 448 g/mol. The Labute approximate surface area is 193 Å². The Balaban J connectivity index is 1.91. The third-order valence-corrected chi connectivity index (χ3v) is 5.58. The second-order valence-corrected chi connectivity index (χ2v) is 10.6. The number of H-pyrrole nitrogens is 1. The van der Waals surface area contributed by atoms with Gasteiger partial charge in [-0.2, -0.15) is 13.7 Å². The van der Waals surface area contributed by atoms with Crippen LogP contribution in [-0.4, -0.2) is 60.8 Å². The first-order chi connectivity index (χ1) is 15.4. The van der Waals surface area contributed by atoms with Gasteiger partial charge in [-0.1, -0.05) is 0 Å². The fourth-order valence-corrected chi connectivity index (χ4v) is 4.24. The average Bonchev–Trinajstić information content (AvgIpc) is 3.31. The number of carbonyl (C=O) groups excluding carboxylic acids is 2. The number of aromatic nitrogens is 1. The summed E-state index contributed by atoms with van der Waals surface area (Å²) >= 11 is 0. The molecule has 1 aliphatic heterocycles. The number of hydrogen-bond acceptors (Lipinski definition) is 7. The van der Waals surface area contributed by atoms with Crippen molar-refractivity contribution in [1.29, 1.82) is 5.26 Å². The zero-order chi connectivity index (χ0) is 24.4. The quantitative estimate of drug-likeness (QED) is 0.610. The maximum atomic E-state index is 13.3. The molecule has 10 nitrogen and oxygen atoms in total. The first-order valence-corrected chi connectivity index (χ1v) is 12.4. The number of benzene rings is 1. The van der Waals surface area contributed by atoms with Crippen LogP contribution >= 0.6 is 0 Å². The lowest BCUT2D eigenvalue weighted by Gasteiger charge is -2.27. The van der Waals surface area contributed by atoms with Gasteiger partial charge in [0, 0.05) is 30.1 Å². The Morgan fingerprint density at radius 3 is 2.73 bits per heavy atom. The van der Waals surface area contributed by atoms with Crippen molar-refractivity contribution in [2.24, 2.45) is 0 Å². The Kier molecular flexibility index (Phi) is 6.88. The first kappa shape index (κ1) is 24.4. The molecule has 0 unspecified atom stereocenters. The molecule has 0 radical (unpaired) electrons. The summed E-state index contributed by atoms with van der Waals surface area (Å²) in [4.78, 5) is 30.4. The molecule has 1 aromatic heterocycles. The summed E-state index contributed by atoms with van der Waals surface area (Å²) in [6.45, 7) is 5.60. The molecule has 0 saturated carbocycles. The monoisotopic (exact) mass is 476 g/mol. The van der Waals surface area contributed by atoms with Crippen LogP contribution in [0.15, 0.2) is 24.4 Å². The Hall–Kier alpha value is -3.26. The number of carbonyl (C=O) groups is 2. The van der Waals surface area contributed by atoms with Gasteiger partial charge in [-0.25, -0.2) is 4.79 Å². The molecule has 2 atom stereocenters. The van der Waals surface area contributed by atoms with Crippen molar-refractivity contribution in [1.82, 2.24) is 15.2 Å². The molecule has 2 amide bonds. The number of nitriles is 1. The van der Waals surface area contributed by atoms with E-state index in [1.807, 2.05) is 0 Å². The predicted octanol–water partition coefficient (Wildman–Crippen LogP) is 2.46. The highest BCUT2D eigenvalue weighted by atomic mass is 32.2. The minimum absolute atomic E-state index is 0.106. The van der Waals surface area contributed by atoms with Gasteiger partial charge in [0.15, 0.2) is 0 Å². The van der Waals surface area contributed by atoms with Crippen LogP contribution in [0.3, 0.4) is 0 Å². The summed E-state index contributed by atoms with van der Waals surface area (Å²) in [5.41, 5.74) is 0.635. The number of likely N-dealkylation sites (tertiary alicyclic amines) is 1. The molecule has 1 saturated heterocycles. The summed E-state index contributed by atoms with van der Waals surface area (Å²) in [7, 11) is -3.71. The Bertz CT molecular complexity index is 1190. The maximum Gasteiger partial charge on any atom is 0.408 e. The van der Waals surface area contributed by atoms with Crippen LogP contribution in [-0.2, 0) is 26.1 Å². The third-order valence-electron chi connectivity index (χ3n) is 5.08. The minimum atomic E-state index is -3.71. The van der Waals surface area contributed by atoms with Crippen molar-refractivity contribution in [3.05, 3.63) is 30.0 Å². The summed E-state index contributed by atoms with van der Waals surface area (Å²) < 4.78 is 33.3. The molecular formula is C22H28N4O6S. The number of rotatable bonds is 6. The molecule has 1 fully saturated rings. The van der Waals surface area contributed by atoms with Crippen LogP contribution < -0.4 is 9.50 Å². The maximum absolute atomic E-state index is 13.3. The zero-order valence-corrected chi connectivity index (χ0v) is 19.9. The van der Waals surface area contributed by atoms with Crippen LogP contribution in [0, 0.1) is 11.3 Å². The van der Waals surface area contributed by atoms with Gasteiger partial charge in [-0.15, -0.1) is 0 Å². The molecule has 0 aliphatic carbocycles. The van der Waals surface area contributed by atoms with Crippen molar-refractivity contribution in [3.63, 3.8) is 0 Å². The van der Waals surface area contributed by atoms with Crippen LogP contribution in [0.25, 0.3) is 10.9 Å². The standard InChI is InChI=1S/C22H28N4O6S/c1-22(2,3)31-21(28)25-19(20(27)26-9-5-6-15(26)12-23)10-14-13-24-18-8-7-16(11-17(14)18)32-33(4,29)30/h7-8,11,13,15,19,24H,5-6,9-10H2,1-4H3,(H,25,28)/t15-,19-/m0/s1. The topological polar surface area (TPSA) is 142 Å². The van der Waals surface area contributed by atoms with E-state index in [2.05, 4.69) is 16.4 Å². The molecule has 33 heavy (non-hydrogen) atoms. The number of fused-ring (bicyclic) bond motifs is 1. The van der Waals surface area contributed by atoms with Crippen molar-refractivity contribution >= 4 is 33.0 Å². The largest absolute Gasteiger partial charge is 0.444 e. The highest BCUT2D eigenvalue weighted by Crippen LogP contribution is 2.26. The van der Waals surface area contributed by atoms with Gasteiger partial charge in [0.1, 0.15) is 23.4 Å². The predicted molar refractivity (Wildman–Crippen MR) is 121 cm³/mol. The molecule has 2 heterocycles. The molecule has 0 spiro atoms. The van der Waals surface area contributed by atoms with Crippen molar-refractivity contribution < 1.29 is 26.9 Å². The van der Waals surface area contributed by atoms with E-state index < -0.39 is 33.9 Å². The normalized spacial score (nSPS) is 17.4. The van der Waals surface area contributed by atoms with Crippen LogP contribution in [0.1, 0.15) is 39.2 Å². The van der Waals surface area contributed by atoms with E-state index in [1.165, 1.54) is 11.0 Å². The third kappa shape index (κ3) is 6.38. The fraction of sp³-hybridized carbons (Fsp3) is 0.500. The number of nitrogens with zero attached hydrogens (tertiary/aromatic N) is 2. The van der Waals surface area contributed by atoms with Crippen LogP contribution in [0.2, 0.25) is 0 Å². The number of alkyl carbamates (subject to hydrolysis) is 1. The lowest BCUT2D eigenvalue weighted by atomic mass is 10.0. The SMILES string of the molecule is CC(C)(C)OC(=O)N[C@@H](Cc1c[nH]c2ccc(OS(C)(=O)=O)cc12)C(=O)N1CCC[C@H]1C#N. The van der Waals surface area contributed by atoms with Crippen molar-refractivity contribution in [2.75, 3.05) is 12.8 Å². The van der Waals surface area contributed by atoms with E-state index in [4.69, 9.17) is 8.92 Å². The fourth-order valence-electron chi connectivity index (χ4n) is 3.79. The van der Waals surface area contributed by atoms with Gasteiger partial charge in [-0.3, -0.25) is 4.79 Å². The van der Waals surface area contributed by atoms with Crippen LogP contribution in [0.4, 0.5) is 4.79 Å². The Morgan fingerprint density at radius 1 is 1.36 bits per heavy atom. The number of amides is 2. The van der Waals surface area contributed by atoms with Crippen molar-refractivity contribution in [2.45, 2.75) is 57.7 Å². The van der Waals surface area contributed by atoms with Crippen LogP contribution in [0.5, 0.6) is 5.75 Å². The second-order valence-electron chi connectivity index (χ2n) is 9.03. The van der Waals surface area contributed by atoms with E-state index in [0.717, 1.165) is 6.26 Å². The molecule has 1 aromatic carbocycles. The van der Waals surface area contributed by atoms with Gasteiger partial charge in [0.25, 0.3) is 0 Å². The van der Waals surface area contributed by atoms with E-state index in [0.29, 0.717) is 35.9 Å². The van der Waals surface area contributed by atoms with E-state index in [-0.39, 0.29) is 18.1 Å². The van der Waals surface area contributed by atoms with E-state index in [9.17, 15) is 23.3 Å². The molecule has 3 rings (SSSR count). The van der Waals surface area contributed by atoms with Gasteiger partial charge in [-0.05, 0) is 57.4 Å². The first-order valence-electron chi connectivity index (χ1n) is 10.6. The lowest BCUT2D eigenvalue weighted by Crippen LogP contribution is -2.51. The van der Waals surface area contributed by atoms with Gasteiger partial charge in [0.05, 0.1) is 12.3 Å². The smallest absolute Gasteiger partial charge is 0.408 e. The van der Waals surface area contributed by atoms with Crippen molar-refractivity contribution in [3.8, 4) is 11.8 Å². The average molecular weight is 477 g/mol. The molecule has 11 heteroatoms. The number of nitrogens with one attached hydrogen (secondary N) is 2. The summed E-state index contributed by atoms with van der Waals surface area (Å²) in [5.74, 6) is -0.235. The highest BCUT2D eigenvalue weighted by Gasteiger charge is 2.35. The van der Waals surface area contributed by atoms with Gasteiger partial charge >= 0.3 is 16.2 Å². The molecule has 1 aliphatic rings. The second kappa shape index (κ2) is 9.31. The molecule has 0 bridgehead atoms. The van der Waals surface area contributed by atoms with Gasteiger partial charge in [0.2, 0.25) is 5.91 Å². The number of aromatic amines is 1. The molecule has 178 valence electrons. The Morgan fingerprint density at radius 2 is 2.09 bits per heavy atom. The number of hydrogen-bond donors (Lipinski definition) is 2. The number of ether oxygens (including phenoxy) is 1.